The molecule has 10 nitrogen and oxygen atoms in total. The number of aromatic nitrogens is 4. The minimum atomic E-state index is -0.0734. The summed E-state index contributed by atoms with van der Waals surface area (Å²) < 4.78 is 1.87. The summed E-state index contributed by atoms with van der Waals surface area (Å²) in [5.74, 6) is 1.26. The van der Waals surface area contributed by atoms with E-state index < -0.39 is 0 Å². The molecule has 0 atom stereocenters. The van der Waals surface area contributed by atoms with Crippen molar-refractivity contribution in [2.75, 3.05) is 17.5 Å². The van der Waals surface area contributed by atoms with Gasteiger partial charge in [0, 0.05) is 31.2 Å². The second kappa shape index (κ2) is 7.02. The van der Waals surface area contributed by atoms with Crippen LogP contribution in [0.1, 0.15) is 17.0 Å². The maximum Gasteiger partial charge on any atom is 0.190 e. The van der Waals surface area contributed by atoms with Crippen molar-refractivity contribution in [2.45, 2.75) is 13.2 Å². The second-order valence-electron chi connectivity index (χ2n) is 5.96. The van der Waals surface area contributed by atoms with Crippen LogP contribution in [0.3, 0.4) is 0 Å². The molecule has 0 radical (unpaired) electrons. The summed E-state index contributed by atoms with van der Waals surface area (Å²) in [5, 5.41) is 21.7. The van der Waals surface area contributed by atoms with Crippen LogP contribution in [0.2, 0.25) is 0 Å². The molecule has 1 aliphatic rings. The van der Waals surface area contributed by atoms with Crippen molar-refractivity contribution in [3.63, 3.8) is 0 Å². The van der Waals surface area contributed by atoms with Gasteiger partial charge in [-0.25, -0.2) is 15.0 Å². The van der Waals surface area contributed by atoms with Crippen molar-refractivity contribution < 1.29 is 5.11 Å². The van der Waals surface area contributed by atoms with Gasteiger partial charge in [0.1, 0.15) is 5.65 Å². The molecule has 0 aliphatic carbocycles. The molecule has 138 valence electrons. The average Bonchev–Trinajstić information content (AvgIpc) is 3.29. The highest BCUT2D eigenvalue weighted by atomic mass is 16.3. The molecule has 5 N–H and O–H groups in total. The van der Waals surface area contributed by atoms with Gasteiger partial charge in [0.05, 0.1) is 36.9 Å². The molecule has 4 heterocycles. The second-order valence-corrected chi connectivity index (χ2v) is 5.96. The zero-order chi connectivity index (χ0) is 18.8. The average molecular weight is 365 g/mol. The van der Waals surface area contributed by atoms with Crippen molar-refractivity contribution in [1.82, 2.24) is 30.2 Å². The Bertz CT molecular complexity index is 1030. The first-order valence-corrected chi connectivity index (χ1v) is 8.33. The van der Waals surface area contributed by atoms with Gasteiger partial charge in [-0.2, -0.15) is 0 Å². The lowest BCUT2D eigenvalue weighted by atomic mass is 10.2. The third-order valence-corrected chi connectivity index (χ3v) is 4.22. The lowest BCUT2D eigenvalue weighted by Gasteiger charge is -2.17. The molecule has 27 heavy (non-hydrogen) atoms. The summed E-state index contributed by atoms with van der Waals surface area (Å²) in [6.07, 6.45) is 8.16. The van der Waals surface area contributed by atoms with Gasteiger partial charge in [0.25, 0.3) is 0 Å². The van der Waals surface area contributed by atoms with Gasteiger partial charge in [-0.05, 0) is 11.6 Å². The Balaban J connectivity index is 1.64. The molecule has 0 bridgehead atoms. The fourth-order valence-electron chi connectivity index (χ4n) is 2.90. The summed E-state index contributed by atoms with van der Waals surface area (Å²) in [6.45, 7) is 0.447. The topological polar surface area (TPSA) is 126 Å². The number of aliphatic hydroxyl groups excluding tert-OH is 1. The smallest absolute Gasteiger partial charge is 0.190 e. The number of nitrogens with one attached hydrogen (secondary N) is 4. The predicted octanol–water partition coefficient (Wildman–Crippen LogP) is 0.678. The number of imidazole rings is 1. The number of rotatable bonds is 6. The summed E-state index contributed by atoms with van der Waals surface area (Å²) in [5.41, 5.74) is 9.79. The van der Waals surface area contributed by atoms with Crippen molar-refractivity contribution in [1.29, 1.82) is 5.41 Å². The van der Waals surface area contributed by atoms with Crippen LogP contribution in [0.25, 0.3) is 11.2 Å². The number of hydrazine groups is 2. The van der Waals surface area contributed by atoms with Gasteiger partial charge < -0.3 is 20.2 Å². The fourth-order valence-corrected chi connectivity index (χ4v) is 2.90. The van der Waals surface area contributed by atoms with Gasteiger partial charge in [0.15, 0.2) is 11.6 Å². The predicted molar refractivity (Wildman–Crippen MR) is 102 cm³/mol. The minimum Gasteiger partial charge on any atom is -0.393 e. The summed E-state index contributed by atoms with van der Waals surface area (Å²) in [6, 6.07) is 3.88. The number of anilines is 2. The van der Waals surface area contributed by atoms with Gasteiger partial charge in [-0.3, -0.25) is 10.4 Å². The lowest BCUT2D eigenvalue weighted by molar-refractivity contribution is 0.276. The standard InChI is InChI=1S/C17H19N9O/c1-19-5-12(4-18)14-7-21-16-17(22-14)26(24-23-16)9-11-2-3-15-20-6-13(10-27)25(15)8-11/h2-8,18-19,24,27H,9-10H2,1H3,(H,21,23)/b12-5+,18-4?. The van der Waals surface area contributed by atoms with Crippen molar-refractivity contribution in [2.24, 2.45) is 0 Å². The number of hydrogen-bond acceptors (Lipinski definition) is 9. The van der Waals surface area contributed by atoms with E-state index in [-0.39, 0.29) is 6.61 Å². The van der Waals surface area contributed by atoms with E-state index >= 15 is 0 Å². The first kappa shape index (κ1) is 16.9. The van der Waals surface area contributed by atoms with Crippen LogP contribution < -0.4 is 21.3 Å². The van der Waals surface area contributed by atoms with E-state index in [4.69, 9.17) is 5.41 Å². The minimum absolute atomic E-state index is 0.0734. The molecule has 3 aromatic rings. The highest BCUT2D eigenvalue weighted by molar-refractivity contribution is 6.07. The van der Waals surface area contributed by atoms with Crippen LogP contribution in [-0.2, 0) is 13.2 Å². The lowest BCUT2D eigenvalue weighted by Crippen LogP contribution is -2.35. The Hall–Kier alpha value is -3.50. The zero-order valence-electron chi connectivity index (χ0n) is 14.6. The van der Waals surface area contributed by atoms with Gasteiger partial charge in [-0.1, -0.05) is 6.07 Å². The maximum atomic E-state index is 9.44. The molecule has 0 saturated carbocycles. The van der Waals surface area contributed by atoms with Crippen LogP contribution in [0, 0.1) is 5.41 Å². The maximum absolute atomic E-state index is 9.44. The molecule has 0 fully saturated rings. The van der Waals surface area contributed by atoms with Crippen LogP contribution >= 0.6 is 0 Å². The highest BCUT2D eigenvalue weighted by Gasteiger charge is 2.23. The Morgan fingerprint density at radius 2 is 2.22 bits per heavy atom. The molecule has 1 aliphatic heterocycles. The van der Waals surface area contributed by atoms with Crippen LogP contribution in [0.15, 0.2) is 36.9 Å². The molecule has 0 unspecified atom stereocenters. The van der Waals surface area contributed by atoms with Gasteiger partial charge >= 0.3 is 0 Å². The van der Waals surface area contributed by atoms with E-state index in [2.05, 4.69) is 31.2 Å². The molecular weight excluding hydrogens is 346 g/mol. The number of allylic oxidation sites excluding steroid dienone is 1. The van der Waals surface area contributed by atoms with E-state index in [1.54, 1.807) is 25.6 Å². The monoisotopic (exact) mass is 365 g/mol. The molecular formula is C17H19N9O. The fraction of sp³-hybridized carbons (Fsp3) is 0.176. The van der Waals surface area contributed by atoms with Crippen LogP contribution in [0.5, 0.6) is 0 Å². The van der Waals surface area contributed by atoms with Gasteiger partial charge in [0.2, 0.25) is 0 Å². The largest absolute Gasteiger partial charge is 0.393 e. The number of aliphatic hydroxyl groups is 1. The summed E-state index contributed by atoms with van der Waals surface area (Å²) in [7, 11) is 1.77. The van der Waals surface area contributed by atoms with Gasteiger partial charge in [-0.15, -0.1) is 5.53 Å². The number of pyridine rings is 1. The normalized spacial score (nSPS) is 13.6. The summed E-state index contributed by atoms with van der Waals surface area (Å²) in [4.78, 5) is 13.3. The quantitative estimate of drug-likeness (QED) is 0.404. The van der Waals surface area contributed by atoms with Crippen molar-refractivity contribution in [3.05, 3.63) is 53.9 Å². The Labute approximate surface area is 155 Å². The molecule has 3 aromatic heterocycles. The highest BCUT2D eigenvalue weighted by Crippen LogP contribution is 2.27. The molecule has 0 aromatic carbocycles. The van der Waals surface area contributed by atoms with Crippen molar-refractivity contribution >= 4 is 29.1 Å². The van der Waals surface area contributed by atoms with E-state index in [9.17, 15) is 5.11 Å². The molecule has 4 rings (SSSR count). The van der Waals surface area contributed by atoms with E-state index in [1.165, 1.54) is 6.21 Å². The Morgan fingerprint density at radius 3 is 3.00 bits per heavy atom. The van der Waals surface area contributed by atoms with E-state index in [0.29, 0.717) is 29.4 Å². The molecule has 0 saturated heterocycles. The first-order chi connectivity index (χ1) is 13.2. The van der Waals surface area contributed by atoms with E-state index in [0.717, 1.165) is 16.9 Å². The Morgan fingerprint density at radius 1 is 1.33 bits per heavy atom. The van der Waals surface area contributed by atoms with Crippen LogP contribution in [0.4, 0.5) is 11.6 Å². The zero-order valence-corrected chi connectivity index (χ0v) is 14.6. The van der Waals surface area contributed by atoms with Crippen molar-refractivity contribution in [3.8, 4) is 0 Å². The number of nitrogens with zero attached hydrogens (tertiary/aromatic N) is 5. The molecule has 0 amide bonds. The number of fused-ring (bicyclic) bond motifs is 2. The summed E-state index contributed by atoms with van der Waals surface area (Å²) >= 11 is 0. The third kappa shape index (κ3) is 3.07. The SMILES string of the molecule is CN/C=C(\C=N)c1cnc2c(n1)N(Cc1ccc3ncc(CO)n3c1)NN2. The third-order valence-electron chi connectivity index (χ3n) is 4.22. The Kier molecular flexibility index (Phi) is 4.40. The molecule has 10 heteroatoms. The van der Waals surface area contributed by atoms with Crippen LogP contribution in [-0.4, -0.2) is 37.7 Å². The molecule has 0 spiro atoms. The number of hydrogen-bond donors (Lipinski definition) is 5. The van der Waals surface area contributed by atoms with E-state index in [1.807, 2.05) is 27.7 Å². The first-order valence-electron chi connectivity index (χ1n) is 8.33.